The van der Waals surface area contributed by atoms with Crippen LogP contribution in [0, 0.1) is 5.92 Å². The summed E-state index contributed by atoms with van der Waals surface area (Å²) in [7, 11) is 3.50. The molecule has 0 radical (unpaired) electrons. The Balaban J connectivity index is 2.42. The van der Waals surface area contributed by atoms with E-state index in [-0.39, 0.29) is 5.41 Å². The van der Waals surface area contributed by atoms with Crippen molar-refractivity contribution in [3.8, 4) is 11.5 Å². The quantitative estimate of drug-likeness (QED) is 0.752. The van der Waals surface area contributed by atoms with E-state index >= 15 is 0 Å². The van der Waals surface area contributed by atoms with E-state index in [4.69, 9.17) is 9.47 Å². The lowest BCUT2D eigenvalue weighted by Crippen LogP contribution is -2.15. The zero-order chi connectivity index (χ0) is 14.8. The Morgan fingerprint density at radius 1 is 1.05 bits per heavy atom. The minimum absolute atomic E-state index is 0.0442. The van der Waals surface area contributed by atoms with Gasteiger partial charge >= 0.3 is 0 Å². The fraction of sp³-hybridized carbons (Fsp3) is 0.556. The Hall–Kier alpha value is -1.44. The first-order valence-corrected chi connectivity index (χ1v) is 7.36. The first-order valence-electron chi connectivity index (χ1n) is 7.36. The third-order valence-electron chi connectivity index (χ3n) is 4.00. The van der Waals surface area contributed by atoms with E-state index in [2.05, 4.69) is 45.1 Å². The summed E-state index contributed by atoms with van der Waals surface area (Å²) in [5.74, 6) is 2.66. The van der Waals surface area contributed by atoms with Crippen LogP contribution in [-0.4, -0.2) is 14.2 Å². The SMILES string of the molecule is COc1cc(CC2CC=CC2)c(OC)c(C(C)(C)C)c1. The maximum atomic E-state index is 5.74. The minimum Gasteiger partial charge on any atom is -0.497 e. The second kappa shape index (κ2) is 5.90. The molecule has 0 fully saturated rings. The molecule has 1 aliphatic carbocycles. The van der Waals surface area contributed by atoms with Crippen LogP contribution in [0.4, 0.5) is 0 Å². The van der Waals surface area contributed by atoms with Crippen LogP contribution >= 0.6 is 0 Å². The van der Waals surface area contributed by atoms with E-state index in [1.807, 2.05) is 0 Å². The molecule has 2 rings (SSSR count). The number of methoxy groups -OCH3 is 2. The average molecular weight is 274 g/mol. The largest absolute Gasteiger partial charge is 0.497 e. The topological polar surface area (TPSA) is 18.5 Å². The van der Waals surface area contributed by atoms with Crippen molar-refractivity contribution in [3.05, 3.63) is 35.4 Å². The molecule has 0 bridgehead atoms. The molecule has 1 aliphatic rings. The normalized spacial score (nSPS) is 15.7. The maximum Gasteiger partial charge on any atom is 0.126 e. The molecule has 0 saturated carbocycles. The van der Waals surface area contributed by atoms with Gasteiger partial charge < -0.3 is 9.47 Å². The molecule has 0 atom stereocenters. The zero-order valence-corrected chi connectivity index (χ0v) is 13.3. The molecule has 0 saturated heterocycles. The summed E-state index contributed by atoms with van der Waals surface area (Å²) in [5, 5.41) is 0. The van der Waals surface area contributed by atoms with Crippen LogP contribution in [0.25, 0.3) is 0 Å². The molecular formula is C18H26O2. The fourth-order valence-electron chi connectivity index (χ4n) is 2.88. The van der Waals surface area contributed by atoms with Crippen molar-refractivity contribution in [2.24, 2.45) is 5.92 Å². The molecule has 0 spiro atoms. The van der Waals surface area contributed by atoms with Crippen LogP contribution in [-0.2, 0) is 11.8 Å². The van der Waals surface area contributed by atoms with E-state index in [0.29, 0.717) is 5.92 Å². The van der Waals surface area contributed by atoms with Crippen LogP contribution in [0.15, 0.2) is 24.3 Å². The van der Waals surface area contributed by atoms with E-state index < -0.39 is 0 Å². The van der Waals surface area contributed by atoms with Gasteiger partial charge in [-0.15, -0.1) is 0 Å². The number of ether oxygens (including phenoxy) is 2. The smallest absolute Gasteiger partial charge is 0.126 e. The summed E-state index contributed by atoms with van der Waals surface area (Å²) in [6.45, 7) is 6.64. The van der Waals surface area contributed by atoms with Crippen molar-refractivity contribution < 1.29 is 9.47 Å². The Kier molecular flexibility index (Phi) is 4.42. The summed E-state index contributed by atoms with van der Waals surface area (Å²) in [4.78, 5) is 0. The predicted octanol–water partition coefficient (Wildman–Crippen LogP) is 4.51. The molecule has 2 heteroatoms. The van der Waals surface area contributed by atoms with Gasteiger partial charge in [-0.1, -0.05) is 32.9 Å². The molecule has 0 N–H and O–H groups in total. The van der Waals surface area contributed by atoms with Crippen molar-refractivity contribution >= 4 is 0 Å². The van der Waals surface area contributed by atoms with Gasteiger partial charge in [-0.2, -0.15) is 0 Å². The Labute approximate surface area is 122 Å². The van der Waals surface area contributed by atoms with E-state index in [0.717, 1.165) is 17.9 Å². The Bertz CT molecular complexity index is 487. The molecule has 0 amide bonds. The van der Waals surface area contributed by atoms with E-state index in [1.165, 1.54) is 24.0 Å². The number of benzene rings is 1. The molecule has 0 aliphatic heterocycles. The summed E-state index contributed by atoms with van der Waals surface area (Å²) in [6.07, 6.45) is 7.96. The van der Waals surface area contributed by atoms with Gasteiger partial charge in [0.2, 0.25) is 0 Å². The second-order valence-electron chi connectivity index (χ2n) is 6.63. The maximum absolute atomic E-state index is 5.74. The van der Waals surface area contributed by atoms with Crippen molar-refractivity contribution in [2.75, 3.05) is 14.2 Å². The average Bonchev–Trinajstić information content (AvgIpc) is 2.89. The number of rotatable bonds is 4. The Morgan fingerprint density at radius 2 is 1.70 bits per heavy atom. The van der Waals surface area contributed by atoms with E-state index in [9.17, 15) is 0 Å². The van der Waals surface area contributed by atoms with Crippen molar-refractivity contribution in [1.82, 2.24) is 0 Å². The lowest BCUT2D eigenvalue weighted by atomic mass is 9.83. The van der Waals surface area contributed by atoms with Crippen molar-refractivity contribution in [1.29, 1.82) is 0 Å². The second-order valence-corrected chi connectivity index (χ2v) is 6.63. The van der Waals surface area contributed by atoms with Crippen LogP contribution in [0.5, 0.6) is 11.5 Å². The van der Waals surface area contributed by atoms with Gasteiger partial charge in [0, 0.05) is 5.56 Å². The lowest BCUT2D eigenvalue weighted by molar-refractivity contribution is 0.379. The zero-order valence-electron chi connectivity index (χ0n) is 13.3. The third kappa shape index (κ3) is 3.17. The summed E-state index contributed by atoms with van der Waals surface area (Å²) in [5.41, 5.74) is 2.54. The van der Waals surface area contributed by atoms with Gasteiger partial charge in [0.15, 0.2) is 0 Å². The molecular weight excluding hydrogens is 248 g/mol. The van der Waals surface area contributed by atoms with Crippen LogP contribution in [0.1, 0.15) is 44.7 Å². The fourth-order valence-corrected chi connectivity index (χ4v) is 2.88. The highest BCUT2D eigenvalue weighted by Gasteiger charge is 2.24. The van der Waals surface area contributed by atoms with Crippen molar-refractivity contribution in [3.63, 3.8) is 0 Å². The molecule has 1 aromatic rings. The van der Waals surface area contributed by atoms with Gasteiger partial charge in [-0.05, 0) is 48.3 Å². The van der Waals surface area contributed by atoms with Crippen LogP contribution < -0.4 is 9.47 Å². The highest BCUT2D eigenvalue weighted by molar-refractivity contribution is 5.50. The van der Waals surface area contributed by atoms with Gasteiger partial charge in [0.05, 0.1) is 14.2 Å². The molecule has 0 heterocycles. The summed E-state index contributed by atoms with van der Waals surface area (Å²) in [6, 6.07) is 4.24. The minimum atomic E-state index is 0.0442. The number of hydrogen-bond donors (Lipinski definition) is 0. The molecule has 2 nitrogen and oxygen atoms in total. The monoisotopic (exact) mass is 274 g/mol. The molecule has 0 unspecified atom stereocenters. The highest BCUT2D eigenvalue weighted by Crippen LogP contribution is 2.39. The summed E-state index contributed by atoms with van der Waals surface area (Å²) < 4.78 is 11.2. The van der Waals surface area contributed by atoms with Gasteiger partial charge in [0.25, 0.3) is 0 Å². The third-order valence-corrected chi connectivity index (χ3v) is 4.00. The van der Waals surface area contributed by atoms with Gasteiger partial charge in [-0.25, -0.2) is 0 Å². The molecule has 20 heavy (non-hydrogen) atoms. The van der Waals surface area contributed by atoms with Gasteiger partial charge in [0.1, 0.15) is 11.5 Å². The first kappa shape index (κ1) is 15.0. The molecule has 110 valence electrons. The lowest BCUT2D eigenvalue weighted by Gasteiger charge is -2.25. The number of hydrogen-bond acceptors (Lipinski definition) is 2. The van der Waals surface area contributed by atoms with Crippen molar-refractivity contribution in [2.45, 2.75) is 45.4 Å². The number of allylic oxidation sites excluding steroid dienone is 2. The highest BCUT2D eigenvalue weighted by atomic mass is 16.5. The predicted molar refractivity (Wildman–Crippen MR) is 83.8 cm³/mol. The van der Waals surface area contributed by atoms with E-state index in [1.54, 1.807) is 14.2 Å². The van der Waals surface area contributed by atoms with Crippen LogP contribution in [0.2, 0.25) is 0 Å². The molecule has 1 aromatic carbocycles. The Morgan fingerprint density at radius 3 is 2.20 bits per heavy atom. The summed E-state index contributed by atoms with van der Waals surface area (Å²) >= 11 is 0. The standard InChI is InChI=1S/C18H26O2/c1-18(2,3)16-12-15(19-4)11-14(17(16)20-5)10-13-8-6-7-9-13/h6-7,11-13H,8-10H2,1-5H3. The molecule has 0 aromatic heterocycles. The van der Waals surface area contributed by atoms with Gasteiger partial charge in [-0.3, -0.25) is 0 Å². The first-order chi connectivity index (χ1) is 9.45. The van der Waals surface area contributed by atoms with Crippen LogP contribution in [0.3, 0.4) is 0 Å².